The van der Waals surface area contributed by atoms with Gasteiger partial charge >= 0.3 is 5.97 Å². The molecule has 41 heavy (non-hydrogen) atoms. The van der Waals surface area contributed by atoms with Crippen LogP contribution in [-0.2, 0) is 10.2 Å². The fourth-order valence-corrected chi connectivity index (χ4v) is 10.2. The first kappa shape index (κ1) is 30.5. The van der Waals surface area contributed by atoms with Gasteiger partial charge in [-0.25, -0.2) is 0 Å². The molecule has 6 nitrogen and oxygen atoms in total. The lowest BCUT2D eigenvalue weighted by Gasteiger charge is -2.63. The summed E-state index contributed by atoms with van der Waals surface area (Å²) in [6.45, 7) is 13.3. The van der Waals surface area contributed by atoms with Crippen LogP contribution in [0.2, 0.25) is 0 Å². The predicted molar refractivity (Wildman–Crippen MR) is 160 cm³/mol. The van der Waals surface area contributed by atoms with Crippen molar-refractivity contribution in [2.45, 2.75) is 123 Å². The summed E-state index contributed by atoms with van der Waals surface area (Å²) in [7, 11) is 0. The van der Waals surface area contributed by atoms with Gasteiger partial charge in [0, 0.05) is 18.0 Å². The smallest absolute Gasteiger partial charge is 0.303 e. The van der Waals surface area contributed by atoms with Crippen LogP contribution in [-0.4, -0.2) is 45.4 Å². The van der Waals surface area contributed by atoms with Gasteiger partial charge in [0.2, 0.25) is 0 Å². The van der Waals surface area contributed by atoms with Crippen LogP contribution < -0.4 is 5.32 Å². The summed E-state index contributed by atoms with van der Waals surface area (Å²) in [6, 6.07) is 8.04. The highest BCUT2D eigenvalue weighted by molar-refractivity contribution is 5.94. The number of aliphatic hydroxyl groups is 2. The van der Waals surface area contributed by atoms with Crippen molar-refractivity contribution < 1.29 is 24.9 Å². The first-order valence-electron chi connectivity index (χ1n) is 16.2. The summed E-state index contributed by atoms with van der Waals surface area (Å²) in [5.74, 6) is 0.745. The van der Waals surface area contributed by atoms with Crippen molar-refractivity contribution in [1.29, 1.82) is 0 Å². The topological polar surface area (TPSA) is 107 Å². The Morgan fingerprint density at radius 2 is 1.68 bits per heavy atom. The molecule has 1 unspecified atom stereocenters. The predicted octanol–water partition coefficient (Wildman–Crippen LogP) is 6.18. The van der Waals surface area contributed by atoms with Crippen LogP contribution in [0.1, 0.15) is 115 Å². The van der Waals surface area contributed by atoms with E-state index in [9.17, 15) is 24.9 Å². The third-order valence-corrected chi connectivity index (χ3v) is 12.7. The van der Waals surface area contributed by atoms with E-state index in [-0.39, 0.29) is 64.2 Å². The summed E-state index contributed by atoms with van der Waals surface area (Å²) in [6.07, 6.45) is 6.22. The number of fused-ring (bicyclic) bond motifs is 5. The Kier molecular flexibility index (Phi) is 8.17. The van der Waals surface area contributed by atoms with Gasteiger partial charge in [-0.3, -0.25) is 9.59 Å². The minimum atomic E-state index is -0.757. The van der Waals surface area contributed by atoms with Crippen LogP contribution in [0.25, 0.3) is 0 Å². The van der Waals surface area contributed by atoms with E-state index in [1.165, 1.54) is 5.56 Å². The lowest BCUT2D eigenvalue weighted by atomic mass is 9.43. The average Bonchev–Trinajstić information content (AvgIpc) is 3.26. The Morgan fingerprint density at radius 3 is 2.32 bits per heavy atom. The first-order chi connectivity index (χ1) is 19.2. The van der Waals surface area contributed by atoms with Crippen LogP contribution in [0.15, 0.2) is 24.3 Å². The van der Waals surface area contributed by atoms with Gasteiger partial charge in [-0.1, -0.05) is 53.7 Å². The van der Waals surface area contributed by atoms with Gasteiger partial charge in [-0.2, -0.15) is 0 Å². The van der Waals surface area contributed by atoms with Gasteiger partial charge in [-0.15, -0.1) is 0 Å². The zero-order valence-corrected chi connectivity index (χ0v) is 26.0. The minimum Gasteiger partial charge on any atom is -0.481 e. The van der Waals surface area contributed by atoms with Gasteiger partial charge in [0.05, 0.1) is 12.2 Å². The number of hydrogen-bond donors (Lipinski definition) is 4. The second-order valence-corrected chi connectivity index (χ2v) is 15.8. The Morgan fingerprint density at radius 1 is 1.00 bits per heavy atom. The number of carbonyl (C=O) groups is 2. The lowest BCUT2D eigenvalue weighted by Crippen LogP contribution is -2.63. The SMILES string of the molecule is C[C@H](CCC(=O)O)[C@H]1CC[C@H]2[C@@H]3[C@H](O)CC4C[C@@H](NC(=O)c5ccc(C(C)(C)C)cc5)CC[C@]4(C)[C@H]3C[C@H](O)[C@]12C. The molecule has 6 heteroatoms. The zero-order chi connectivity index (χ0) is 29.9. The number of aliphatic hydroxyl groups excluding tert-OH is 2. The van der Waals surface area contributed by atoms with E-state index in [0.29, 0.717) is 24.3 Å². The molecule has 228 valence electrons. The van der Waals surface area contributed by atoms with Gasteiger partial charge in [-0.05, 0) is 121 Å². The zero-order valence-electron chi connectivity index (χ0n) is 26.0. The molecule has 0 aromatic heterocycles. The van der Waals surface area contributed by atoms with Crippen molar-refractivity contribution in [3.8, 4) is 0 Å². The molecule has 0 saturated heterocycles. The lowest BCUT2D eigenvalue weighted by molar-refractivity contribution is -0.202. The third kappa shape index (κ3) is 5.37. The van der Waals surface area contributed by atoms with Crippen molar-refractivity contribution >= 4 is 11.9 Å². The number of nitrogens with one attached hydrogen (secondary N) is 1. The molecule has 0 radical (unpaired) electrons. The molecule has 4 saturated carbocycles. The number of benzene rings is 1. The molecule has 1 amide bonds. The van der Waals surface area contributed by atoms with Crippen LogP contribution in [0.4, 0.5) is 0 Å². The normalized spacial score (nSPS) is 41.1. The highest BCUT2D eigenvalue weighted by Crippen LogP contribution is 2.68. The van der Waals surface area contributed by atoms with Crippen LogP contribution in [0.5, 0.6) is 0 Å². The van der Waals surface area contributed by atoms with Crippen molar-refractivity contribution in [2.24, 2.45) is 46.3 Å². The second-order valence-electron chi connectivity index (χ2n) is 15.8. The van der Waals surface area contributed by atoms with Gasteiger partial charge in [0.1, 0.15) is 0 Å². The standard InChI is InChI=1S/C35H53NO5/c1-20(7-14-30(39)40)25-12-13-26-31-27(19-29(38)35(25,26)6)34(5)16-15-24(17-23(34)18-28(31)37)36-32(41)21-8-10-22(11-9-21)33(2,3)4/h8-11,20,23-29,31,37-38H,7,12-19H2,1-6H3,(H,36,41)(H,39,40)/t20-,23?,24+,25-,26+,27+,28-,29+,31+,34+,35-/m1/s1. The molecule has 1 aromatic rings. The van der Waals surface area contributed by atoms with Crippen molar-refractivity contribution in [3.63, 3.8) is 0 Å². The molecule has 0 spiro atoms. The fraction of sp³-hybridized carbons (Fsp3) is 0.771. The molecule has 5 rings (SSSR count). The number of hydrogen-bond acceptors (Lipinski definition) is 4. The molecule has 0 aliphatic heterocycles. The highest BCUT2D eigenvalue weighted by Gasteiger charge is 2.65. The Balaban J connectivity index is 1.28. The van der Waals surface area contributed by atoms with Gasteiger partial charge < -0.3 is 20.6 Å². The number of aliphatic carboxylic acids is 1. The van der Waals surface area contributed by atoms with Crippen LogP contribution in [0, 0.1) is 46.3 Å². The number of amides is 1. The number of carbonyl (C=O) groups excluding carboxylic acids is 1. The van der Waals surface area contributed by atoms with Crippen LogP contribution in [0.3, 0.4) is 0 Å². The average molecular weight is 568 g/mol. The molecule has 4 aliphatic rings. The number of rotatable bonds is 6. The quantitative estimate of drug-likeness (QED) is 0.328. The van der Waals surface area contributed by atoms with Crippen molar-refractivity contribution in [1.82, 2.24) is 5.32 Å². The molecule has 4 aliphatic carbocycles. The maximum absolute atomic E-state index is 13.2. The van der Waals surface area contributed by atoms with E-state index in [4.69, 9.17) is 0 Å². The van der Waals surface area contributed by atoms with Crippen LogP contribution >= 0.6 is 0 Å². The molecule has 4 N–H and O–H groups in total. The molecule has 0 heterocycles. The van der Waals surface area contributed by atoms with E-state index in [0.717, 1.165) is 38.5 Å². The molecule has 1 aromatic carbocycles. The van der Waals surface area contributed by atoms with E-state index in [2.05, 4.69) is 46.9 Å². The summed E-state index contributed by atoms with van der Waals surface area (Å²) in [5, 5.41) is 36.0. The molecule has 0 bridgehead atoms. The molecule has 11 atom stereocenters. The second kappa shape index (κ2) is 11.0. The summed E-state index contributed by atoms with van der Waals surface area (Å²) in [4.78, 5) is 24.4. The summed E-state index contributed by atoms with van der Waals surface area (Å²) in [5.41, 5.74) is 1.71. The molecular formula is C35H53NO5. The molecular weight excluding hydrogens is 514 g/mol. The van der Waals surface area contributed by atoms with Crippen molar-refractivity contribution in [2.75, 3.05) is 0 Å². The first-order valence-corrected chi connectivity index (χ1v) is 16.2. The van der Waals surface area contributed by atoms with E-state index in [1.807, 2.05) is 24.3 Å². The minimum absolute atomic E-state index is 0.0221. The number of carboxylic acids is 1. The maximum atomic E-state index is 13.2. The van der Waals surface area contributed by atoms with E-state index < -0.39 is 18.2 Å². The number of carboxylic acid groups (broad SMARTS) is 1. The van der Waals surface area contributed by atoms with Gasteiger partial charge in [0.25, 0.3) is 5.91 Å². The van der Waals surface area contributed by atoms with Gasteiger partial charge in [0.15, 0.2) is 0 Å². The van der Waals surface area contributed by atoms with E-state index >= 15 is 0 Å². The molecule has 4 fully saturated rings. The summed E-state index contributed by atoms with van der Waals surface area (Å²) >= 11 is 0. The monoisotopic (exact) mass is 567 g/mol. The Hall–Kier alpha value is -1.92. The Labute approximate surface area is 246 Å². The fourth-order valence-electron chi connectivity index (χ4n) is 10.2. The summed E-state index contributed by atoms with van der Waals surface area (Å²) < 4.78 is 0. The highest BCUT2D eigenvalue weighted by atomic mass is 16.4. The van der Waals surface area contributed by atoms with E-state index in [1.54, 1.807) is 0 Å². The van der Waals surface area contributed by atoms with Crippen molar-refractivity contribution in [3.05, 3.63) is 35.4 Å². The largest absolute Gasteiger partial charge is 0.481 e. The maximum Gasteiger partial charge on any atom is 0.303 e. The Bertz CT molecular complexity index is 1130. The third-order valence-electron chi connectivity index (χ3n) is 12.7.